The third-order valence-corrected chi connectivity index (χ3v) is 6.99. The van der Waals surface area contributed by atoms with E-state index in [0.717, 1.165) is 23.4 Å². The zero-order valence-corrected chi connectivity index (χ0v) is 19.9. The van der Waals surface area contributed by atoms with Gasteiger partial charge in [0.1, 0.15) is 5.82 Å². The molecule has 2 aromatic heterocycles. The Labute approximate surface area is 187 Å². The van der Waals surface area contributed by atoms with Crippen molar-refractivity contribution in [3.63, 3.8) is 0 Å². The number of nitrogens with one attached hydrogen (secondary N) is 1. The number of ether oxygens (including phenoxy) is 1. The highest BCUT2D eigenvalue weighted by Crippen LogP contribution is 2.43. The first kappa shape index (κ1) is 23.7. The van der Waals surface area contributed by atoms with E-state index in [1.54, 1.807) is 20.1 Å². The van der Waals surface area contributed by atoms with E-state index in [1.807, 2.05) is 0 Å². The molecular weight excluding hydrogens is 444 g/mol. The summed E-state index contributed by atoms with van der Waals surface area (Å²) in [5, 5.41) is 11.5. The molecule has 0 radical (unpaired) electrons. The van der Waals surface area contributed by atoms with E-state index in [0.29, 0.717) is 29.8 Å². The number of halogens is 1. The Morgan fingerprint density at radius 3 is 2.65 bits per heavy atom. The Bertz CT molecular complexity index is 1030. The maximum absolute atomic E-state index is 12.2. The number of nitrogens with zero attached hydrogens (tertiary/aromatic N) is 4. The van der Waals surface area contributed by atoms with Crippen LogP contribution in [0.3, 0.4) is 0 Å². The van der Waals surface area contributed by atoms with Gasteiger partial charge in [-0.3, -0.25) is 4.31 Å². The van der Waals surface area contributed by atoms with Crippen molar-refractivity contribution in [2.24, 2.45) is 17.6 Å². The van der Waals surface area contributed by atoms with Gasteiger partial charge in [0.15, 0.2) is 5.82 Å². The summed E-state index contributed by atoms with van der Waals surface area (Å²) >= 11 is 6.55. The lowest BCUT2D eigenvalue weighted by molar-refractivity contribution is 0.187. The Balaban J connectivity index is 2.05. The van der Waals surface area contributed by atoms with Gasteiger partial charge in [-0.25, -0.2) is 13.4 Å². The standard InChI is InChI=1S/C19H29ClN6O4S/c1-10-8-12(10)14(6-7-29-4)22-15-9-13(19-25-24-18(30-19)11(2)21)16(20)17(23-15)26(3)31(5,27)28/h9-12,14H,6-8,21H2,1-5H3,(H,22,23)/t10-,11?,12-,14?/m1/s1. The van der Waals surface area contributed by atoms with Gasteiger partial charge in [0.2, 0.25) is 21.8 Å². The van der Waals surface area contributed by atoms with Crippen molar-refractivity contribution < 1.29 is 17.6 Å². The molecule has 0 amide bonds. The largest absolute Gasteiger partial charge is 0.419 e. The Morgan fingerprint density at radius 2 is 2.13 bits per heavy atom. The molecule has 2 aromatic rings. The van der Waals surface area contributed by atoms with Gasteiger partial charge in [-0.15, -0.1) is 10.2 Å². The number of rotatable bonds is 10. The fraction of sp³-hybridized carbons (Fsp3) is 0.632. The number of hydrogen-bond acceptors (Lipinski definition) is 9. The van der Waals surface area contributed by atoms with Crippen LogP contribution in [0.15, 0.2) is 10.5 Å². The van der Waals surface area contributed by atoms with Gasteiger partial charge in [0, 0.05) is 26.8 Å². The van der Waals surface area contributed by atoms with Gasteiger partial charge in [-0.05, 0) is 37.7 Å². The van der Waals surface area contributed by atoms with Crippen molar-refractivity contribution in [1.82, 2.24) is 15.2 Å². The van der Waals surface area contributed by atoms with Crippen LogP contribution in [-0.2, 0) is 14.8 Å². The van der Waals surface area contributed by atoms with E-state index >= 15 is 0 Å². The Morgan fingerprint density at radius 1 is 1.45 bits per heavy atom. The molecule has 0 saturated heterocycles. The lowest BCUT2D eigenvalue weighted by atomic mass is 10.1. The molecule has 31 heavy (non-hydrogen) atoms. The van der Waals surface area contributed by atoms with Crippen molar-refractivity contribution in [2.75, 3.05) is 36.6 Å². The third-order valence-electron chi connectivity index (χ3n) is 5.45. The van der Waals surface area contributed by atoms with E-state index < -0.39 is 16.1 Å². The fourth-order valence-corrected chi connectivity index (χ4v) is 4.18. The average molecular weight is 473 g/mol. The molecule has 1 aliphatic carbocycles. The van der Waals surface area contributed by atoms with Crippen LogP contribution in [0.25, 0.3) is 11.5 Å². The molecule has 2 unspecified atom stereocenters. The molecule has 172 valence electrons. The summed E-state index contributed by atoms with van der Waals surface area (Å²) in [6, 6.07) is 1.36. The predicted octanol–water partition coefficient (Wildman–Crippen LogP) is 2.67. The van der Waals surface area contributed by atoms with Crippen LogP contribution in [0.4, 0.5) is 11.6 Å². The molecule has 1 saturated carbocycles. The van der Waals surface area contributed by atoms with E-state index in [2.05, 4.69) is 27.4 Å². The van der Waals surface area contributed by atoms with E-state index in [9.17, 15) is 8.42 Å². The molecule has 2 heterocycles. The number of hydrogen-bond donors (Lipinski definition) is 2. The van der Waals surface area contributed by atoms with Gasteiger partial charge in [-0.1, -0.05) is 18.5 Å². The maximum atomic E-state index is 12.2. The number of methoxy groups -OCH3 is 1. The van der Waals surface area contributed by atoms with Gasteiger partial charge in [0.05, 0.1) is 22.9 Å². The number of aromatic nitrogens is 3. The monoisotopic (exact) mass is 472 g/mol. The first-order valence-corrected chi connectivity index (χ1v) is 12.2. The van der Waals surface area contributed by atoms with Gasteiger partial charge in [0.25, 0.3) is 0 Å². The molecule has 0 bridgehead atoms. The molecule has 12 heteroatoms. The predicted molar refractivity (Wildman–Crippen MR) is 120 cm³/mol. The zero-order chi connectivity index (χ0) is 22.9. The Kier molecular flexibility index (Phi) is 7.09. The number of pyridine rings is 1. The summed E-state index contributed by atoms with van der Waals surface area (Å²) in [4.78, 5) is 4.50. The van der Waals surface area contributed by atoms with Crippen LogP contribution in [0.1, 0.15) is 38.6 Å². The van der Waals surface area contributed by atoms with Crippen LogP contribution in [-0.4, -0.2) is 56.7 Å². The minimum atomic E-state index is -3.61. The normalized spacial score (nSPS) is 20.4. The summed E-state index contributed by atoms with van der Waals surface area (Å²) < 4.78 is 36.3. The quantitative estimate of drug-likeness (QED) is 0.534. The SMILES string of the molecule is COCCC(Nc1cc(-c2nnc(C(C)N)o2)c(Cl)c(N(C)S(C)(=O)=O)n1)[C@@H]1C[C@H]1C. The highest BCUT2D eigenvalue weighted by Gasteiger charge is 2.39. The molecule has 1 aliphatic rings. The molecule has 0 aliphatic heterocycles. The van der Waals surface area contributed by atoms with Gasteiger partial charge < -0.3 is 20.2 Å². The molecule has 0 spiro atoms. The van der Waals surface area contributed by atoms with Crippen LogP contribution in [0.2, 0.25) is 5.02 Å². The summed E-state index contributed by atoms with van der Waals surface area (Å²) in [7, 11) is -0.550. The second kappa shape index (κ2) is 9.27. The van der Waals surface area contributed by atoms with Crippen LogP contribution >= 0.6 is 11.6 Å². The second-order valence-electron chi connectivity index (χ2n) is 8.07. The molecule has 3 N–H and O–H groups in total. The van der Waals surface area contributed by atoms with E-state index in [4.69, 9.17) is 26.5 Å². The average Bonchev–Trinajstić information content (AvgIpc) is 3.22. The van der Waals surface area contributed by atoms with Gasteiger partial charge in [-0.2, -0.15) is 0 Å². The van der Waals surface area contributed by atoms with Crippen LogP contribution in [0, 0.1) is 11.8 Å². The number of nitrogens with two attached hydrogens (primary N) is 1. The molecule has 4 atom stereocenters. The lowest BCUT2D eigenvalue weighted by Crippen LogP contribution is -2.28. The summed E-state index contributed by atoms with van der Waals surface area (Å²) in [5.41, 5.74) is 6.19. The van der Waals surface area contributed by atoms with Crippen LogP contribution in [0.5, 0.6) is 0 Å². The highest BCUT2D eigenvalue weighted by atomic mass is 35.5. The minimum Gasteiger partial charge on any atom is -0.419 e. The number of sulfonamides is 1. The first-order chi connectivity index (χ1) is 14.5. The van der Waals surface area contributed by atoms with E-state index in [-0.39, 0.29) is 28.7 Å². The van der Waals surface area contributed by atoms with Crippen molar-refractivity contribution >= 4 is 33.3 Å². The topological polar surface area (TPSA) is 136 Å². The second-order valence-corrected chi connectivity index (χ2v) is 10.5. The molecule has 3 rings (SSSR count). The summed E-state index contributed by atoms with van der Waals surface area (Å²) in [6.45, 7) is 4.51. The van der Waals surface area contributed by atoms with Crippen LogP contribution < -0.4 is 15.4 Å². The molecule has 1 fully saturated rings. The van der Waals surface area contributed by atoms with E-state index in [1.165, 1.54) is 7.05 Å². The highest BCUT2D eigenvalue weighted by molar-refractivity contribution is 7.92. The number of anilines is 2. The van der Waals surface area contributed by atoms with Crippen molar-refractivity contribution in [3.05, 3.63) is 17.0 Å². The van der Waals surface area contributed by atoms with Crippen molar-refractivity contribution in [3.8, 4) is 11.5 Å². The Hall–Kier alpha value is -1.95. The zero-order valence-electron chi connectivity index (χ0n) is 18.3. The third kappa shape index (κ3) is 5.46. The minimum absolute atomic E-state index is 0.0686. The summed E-state index contributed by atoms with van der Waals surface area (Å²) in [6.07, 6.45) is 2.98. The fourth-order valence-electron chi connectivity index (χ4n) is 3.38. The molecule has 0 aromatic carbocycles. The first-order valence-electron chi connectivity index (χ1n) is 10.0. The van der Waals surface area contributed by atoms with Gasteiger partial charge >= 0.3 is 0 Å². The lowest BCUT2D eigenvalue weighted by Gasteiger charge is -2.23. The maximum Gasteiger partial charge on any atom is 0.249 e. The van der Waals surface area contributed by atoms with Crippen molar-refractivity contribution in [1.29, 1.82) is 0 Å². The molecular formula is C19H29ClN6O4S. The smallest absolute Gasteiger partial charge is 0.249 e. The van der Waals surface area contributed by atoms with Crippen molar-refractivity contribution in [2.45, 2.75) is 38.8 Å². The summed E-state index contributed by atoms with van der Waals surface area (Å²) in [5.74, 6) is 2.01. The molecule has 10 nitrogen and oxygen atoms in total.